The summed E-state index contributed by atoms with van der Waals surface area (Å²) in [5, 5.41) is 0.596. The molecule has 11 heavy (non-hydrogen) atoms. The maximum absolute atomic E-state index is 11.3. The summed E-state index contributed by atoms with van der Waals surface area (Å²) in [6.45, 7) is 4.28. The Balaban J connectivity index is 2.10. The molecule has 0 aromatic rings. The maximum atomic E-state index is 11.3. The molecular formula is C9H16OS. The van der Waals surface area contributed by atoms with Crippen LogP contribution in [0.4, 0.5) is 0 Å². The van der Waals surface area contributed by atoms with Gasteiger partial charge >= 0.3 is 0 Å². The highest BCUT2D eigenvalue weighted by Gasteiger charge is 2.24. The van der Waals surface area contributed by atoms with Gasteiger partial charge in [0.2, 0.25) is 0 Å². The molecule has 0 bridgehead atoms. The number of Topliss-reactive ketones (excluding diaryl/α,β-unsaturated/α-hetero) is 1. The zero-order chi connectivity index (χ0) is 8.27. The van der Waals surface area contributed by atoms with E-state index >= 15 is 0 Å². The Labute approximate surface area is 72.9 Å². The lowest BCUT2D eigenvalue weighted by Gasteiger charge is -2.23. The molecule has 1 aliphatic carbocycles. The van der Waals surface area contributed by atoms with Crippen LogP contribution in [0.1, 0.15) is 33.1 Å². The molecule has 1 aliphatic rings. The van der Waals surface area contributed by atoms with Gasteiger partial charge in [-0.2, -0.15) is 11.8 Å². The average molecular weight is 172 g/mol. The van der Waals surface area contributed by atoms with Gasteiger partial charge in [0.15, 0.2) is 0 Å². The normalized spacial score (nSPS) is 18.5. The van der Waals surface area contributed by atoms with Crippen molar-refractivity contribution in [1.29, 1.82) is 0 Å². The lowest BCUT2D eigenvalue weighted by molar-refractivity contribution is -0.122. The second-order valence-electron chi connectivity index (χ2n) is 3.45. The summed E-state index contributed by atoms with van der Waals surface area (Å²) < 4.78 is 0. The van der Waals surface area contributed by atoms with E-state index in [1.165, 1.54) is 6.42 Å². The first-order valence-electron chi connectivity index (χ1n) is 4.34. The van der Waals surface area contributed by atoms with Crippen molar-refractivity contribution in [3.8, 4) is 0 Å². The van der Waals surface area contributed by atoms with Crippen molar-refractivity contribution in [2.75, 3.05) is 5.75 Å². The van der Waals surface area contributed by atoms with E-state index in [0.29, 0.717) is 17.0 Å². The van der Waals surface area contributed by atoms with Crippen LogP contribution in [0.25, 0.3) is 0 Å². The predicted molar refractivity (Wildman–Crippen MR) is 49.9 cm³/mol. The van der Waals surface area contributed by atoms with Crippen LogP contribution < -0.4 is 0 Å². The summed E-state index contributed by atoms with van der Waals surface area (Å²) in [4.78, 5) is 11.3. The van der Waals surface area contributed by atoms with Crippen LogP contribution in [0.15, 0.2) is 0 Å². The van der Waals surface area contributed by atoms with Gasteiger partial charge in [-0.25, -0.2) is 0 Å². The van der Waals surface area contributed by atoms with Crippen molar-refractivity contribution < 1.29 is 4.79 Å². The van der Waals surface area contributed by atoms with Crippen LogP contribution in [0.3, 0.4) is 0 Å². The number of hydrogen-bond acceptors (Lipinski definition) is 2. The third-order valence-electron chi connectivity index (χ3n) is 2.12. The van der Waals surface area contributed by atoms with Gasteiger partial charge in [-0.15, -0.1) is 0 Å². The molecule has 0 N–H and O–H groups in total. The molecule has 2 heteroatoms. The van der Waals surface area contributed by atoms with Gasteiger partial charge in [0, 0.05) is 5.92 Å². The summed E-state index contributed by atoms with van der Waals surface area (Å²) in [7, 11) is 0. The zero-order valence-corrected chi connectivity index (χ0v) is 8.12. The summed E-state index contributed by atoms with van der Waals surface area (Å²) >= 11 is 1.77. The molecule has 0 aliphatic heterocycles. The molecule has 0 amide bonds. The molecule has 0 spiro atoms. The molecule has 1 saturated carbocycles. The molecule has 0 aromatic heterocycles. The van der Waals surface area contributed by atoms with E-state index in [0.717, 1.165) is 18.6 Å². The van der Waals surface area contributed by atoms with E-state index in [4.69, 9.17) is 0 Å². The third kappa shape index (κ3) is 2.86. The number of ketones is 1. The Morgan fingerprint density at radius 1 is 1.55 bits per heavy atom. The molecule has 0 atom stereocenters. The van der Waals surface area contributed by atoms with E-state index in [1.54, 1.807) is 11.8 Å². The van der Waals surface area contributed by atoms with E-state index in [2.05, 4.69) is 13.8 Å². The number of carbonyl (C=O) groups excluding carboxylic acids is 1. The lowest BCUT2D eigenvalue weighted by Crippen LogP contribution is -2.23. The quantitative estimate of drug-likeness (QED) is 0.648. The van der Waals surface area contributed by atoms with Crippen molar-refractivity contribution in [2.24, 2.45) is 5.92 Å². The number of carbonyl (C=O) groups is 1. The van der Waals surface area contributed by atoms with Crippen LogP contribution in [-0.2, 0) is 4.79 Å². The second kappa shape index (κ2) is 4.15. The highest BCUT2D eigenvalue weighted by atomic mass is 32.2. The number of rotatable bonds is 4. The molecule has 1 rings (SSSR count). The first-order chi connectivity index (χ1) is 5.20. The predicted octanol–water partition coefficient (Wildman–Crippen LogP) is 2.50. The number of thioether (sulfide) groups is 1. The minimum atomic E-state index is 0.432. The summed E-state index contributed by atoms with van der Waals surface area (Å²) in [6, 6.07) is 0. The largest absolute Gasteiger partial charge is 0.298 e. The van der Waals surface area contributed by atoms with Gasteiger partial charge in [0.05, 0.1) is 5.75 Å². The fourth-order valence-corrected chi connectivity index (χ4v) is 1.83. The van der Waals surface area contributed by atoms with Gasteiger partial charge in [-0.3, -0.25) is 4.79 Å². The van der Waals surface area contributed by atoms with Crippen molar-refractivity contribution in [1.82, 2.24) is 0 Å². The van der Waals surface area contributed by atoms with Crippen molar-refractivity contribution >= 4 is 17.5 Å². The topological polar surface area (TPSA) is 17.1 Å². The maximum Gasteiger partial charge on any atom is 0.145 e. The lowest BCUT2D eigenvalue weighted by atomic mass is 9.83. The van der Waals surface area contributed by atoms with Gasteiger partial charge in [0.25, 0.3) is 0 Å². The highest BCUT2D eigenvalue weighted by Crippen LogP contribution is 2.28. The van der Waals surface area contributed by atoms with Crippen molar-refractivity contribution in [3.05, 3.63) is 0 Å². The van der Waals surface area contributed by atoms with Gasteiger partial charge in [-0.05, 0) is 18.1 Å². The van der Waals surface area contributed by atoms with E-state index in [9.17, 15) is 4.79 Å². The third-order valence-corrected chi connectivity index (χ3v) is 3.24. The van der Waals surface area contributed by atoms with Crippen LogP contribution in [0, 0.1) is 5.92 Å². The smallest absolute Gasteiger partial charge is 0.145 e. The molecule has 0 heterocycles. The van der Waals surface area contributed by atoms with Crippen LogP contribution in [0.2, 0.25) is 0 Å². The fraction of sp³-hybridized carbons (Fsp3) is 0.889. The average Bonchev–Trinajstić information content (AvgIpc) is 1.79. The molecule has 1 fully saturated rings. The Kier molecular flexibility index (Phi) is 3.44. The molecule has 64 valence electrons. The molecule has 0 saturated heterocycles. The molecule has 0 aromatic carbocycles. The Hall–Kier alpha value is 0.0200. The fourth-order valence-electron chi connectivity index (χ4n) is 1.10. The zero-order valence-electron chi connectivity index (χ0n) is 7.30. The minimum Gasteiger partial charge on any atom is -0.298 e. The highest BCUT2D eigenvalue weighted by molar-refractivity contribution is 8.00. The summed E-state index contributed by atoms with van der Waals surface area (Å²) in [5.74, 6) is 1.65. The molecular weight excluding hydrogens is 156 g/mol. The first-order valence-corrected chi connectivity index (χ1v) is 5.39. The Morgan fingerprint density at radius 3 is 2.55 bits per heavy atom. The Bertz CT molecular complexity index is 138. The van der Waals surface area contributed by atoms with Gasteiger partial charge < -0.3 is 0 Å². The van der Waals surface area contributed by atoms with Crippen LogP contribution in [0.5, 0.6) is 0 Å². The molecule has 0 unspecified atom stereocenters. The van der Waals surface area contributed by atoms with Gasteiger partial charge in [-0.1, -0.05) is 20.3 Å². The standard InChI is InChI=1S/C9H16OS/c1-7(2)11-6-9(10)8-4-3-5-8/h7-8H,3-6H2,1-2H3. The number of hydrogen-bond donors (Lipinski definition) is 0. The summed E-state index contributed by atoms with van der Waals surface area (Å²) in [6.07, 6.45) is 3.57. The van der Waals surface area contributed by atoms with E-state index in [1.807, 2.05) is 0 Å². The van der Waals surface area contributed by atoms with E-state index in [-0.39, 0.29) is 0 Å². The first kappa shape index (κ1) is 9.11. The van der Waals surface area contributed by atoms with Crippen LogP contribution in [-0.4, -0.2) is 16.8 Å². The SMILES string of the molecule is CC(C)SCC(=O)C1CCC1. The van der Waals surface area contributed by atoms with Crippen molar-refractivity contribution in [2.45, 2.75) is 38.4 Å². The molecule has 1 nitrogen and oxygen atoms in total. The van der Waals surface area contributed by atoms with Crippen molar-refractivity contribution in [3.63, 3.8) is 0 Å². The minimum absolute atomic E-state index is 0.432. The second-order valence-corrected chi connectivity index (χ2v) is 5.02. The van der Waals surface area contributed by atoms with Gasteiger partial charge in [0.1, 0.15) is 5.78 Å². The van der Waals surface area contributed by atoms with E-state index < -0.39 is 0 Å². The Morgan fingerprint density at radius 2 is 2.18 bits per heavy atom. The van der Waals surface area contributed by atoms with Crippen LogP contribution >= 0.6 is 11.8 Å². The monoisotopic (exact) mass is 172 g/mol. The summed E-state index contributed by atoms with van der Waals surface area (Å²) in [5.41, 5.74) is 0. The molecule has 0 radical (unpaired) electrons.